The third kappa shape index (κ3) is 5.14. The fourth-order valence-electron chi connectivity index (χ4n) is 2.36. The van der Waals surface area contributed by atoms with Gasteiger partial charge >= 0.3 is 17.9 Å². The minimum Gasteiger partial charge on any atom is -0.481 e. The van der Waals surface area contributed by atoms with Crippen LogP contribution in [0.1, 0.15) is 25.3 Å². The number of carboxylic acids is 2. The fourth-order valence-corrected chi connectivity index (χ4v) is 3.71. The molecule has 1 saturated heterocycles. The van der Waals surface area contributed by atoms with Gasteiger partial charge < -0.3 is 14.9 Å². The van der Waals surface area contributed by atoms with E-state index in [0.29, 0.717) is 5.56 Å². The van der Waals surface area contributed by atoms with Gasteiger partial charge in [0.2, 0.25) is 0 Å². The number of amides is 1. The topological polar surface area (TPSA) is 121 Å². The van der Waals surface area contributed by atoms with E-state index in [1.165, 1.54) is 13.0 Å². The van der Waals surface area contributed by atoms with Gasteiger partial charge in [-0.05, 0) is 18.6 Å². The van der Waals surface area contributed by atoms with Gasteiger partial charge in [-0.15, -0.1) is 0 Å². The van der Waals surface area contributed by atoms with Crippen LogP contribution in [0.15, 0.2) is 29.2 Å². The quantitative estimate of drug-likeness (QED) is 0.302. The Labute approximate surface area is 163 Å². The number of para-hydroxylation sites is 1. The molecule has 0 radical (unpaired) electrons. The zero-order chi connectivity index (χ0) is 20.1. The predicted molar refractivity (Wildman–Crippen MR) is 101 cm³/mol. The minimum atomic E-state index is -1.37. The van der Waals surface area contributed by atoms with Gasteiger partial charge in [0.25, 0.3) is 5.91 Å². The molecule has 0 saturated carbocycles. The number of hydrogen-bond acceptors (Lipinski definition) is 7. The fraction of sp³-hybridized carbons (Fsp3) is 0.235. The number of hydrogen-bond donors (Lipinski definition) is 2. The molecule has 1 amide bonds. The molecule has 1 heterocycles. The van der Waals surface area contributed by atoms with Crippen LogP contribution in [-0.2, 0) is 19.2 Å². The van der Waals surface area contributed by atoms with Gasteiger partial charge in [0.15, 0.2) is 0 Å². The van der Waals surface area contributed by atoms with Crippen molar-refractivity contribution in [2.24, 2.45) is 0 Å². The van der Waals surface area contributed by atoms with Crippen LogP contribution in [0, 0.1) is 0 Å². The summed E-state index contributed by atoms with van der Waals surface area (Å²) in [5.74, 6) is -3.42. The van der Waals surface area contributed by atoms with Crippen molar-refractivity contribution in [3.05, 3.63) is 34.7 Å². The van der Waals surface area contributed by atoms with Crippen LogP contribution >= 0.6 is 24.0 Å². The highest BCUT2D eigenvalue weighted by Crippen LogP contribution is 2.36. The Morgan fingerprint density at radius 1 is 1.30 bits per heavy atom. The van der Waals surface area contributed by atoms with Gasteiger partial charge in [-0.3, -0.25) is 19.3 Å². The van der Waals surface area contributed by atoms with Crippen LogP contribution in [0.4, 0.5) is 0 Å². The average Bonchev–Trinajstić information content (AvgIpc) is 2.83. The molecule has 8 nitrogen and oxygen atoms in total. The van der Waals surface area contributed by atoms with Gasteiger partial charge in [0, 0.05) is 18.9 Å². The molecule has 0 aliphatic carbocycles. The van der Waals surface area contributed by atoms with E-state index in [-0.39, 0.29) is 21.4 Å². The van der Waals surface area contributed by atoms with Gasteiger partial charge in [-0.25, -0.2) is 4.79 Å². The van der Waals surface area contributed by atoms with E-state index in [1.54, 1.807) is 24.3 Å². The van der Waals surface area contributed by atoms with E-state index >= 15 is 0 Å². The molecule has 0 spiro atoms. The molecular weight excluding hydrogens is 394 g/mol. The lowest BCUT2D eigenvalue weighted by atomic mass is 10.1. The first-order valence-electron chi connectivity index (χ1n) is 7.69. The third-order valence-corrected chi connectivity index (χ3v) is 4.84. The first-order valence-corrected chi connectivity index (χ1v) is 8.92. The van der Waals surface area contributed by atoms with Crippen molar-refractivity contribution in [1.82, 2.24) is 4.90 Å². The summed E-state index contributed by atoms with van der Waals surface area (Å²) in [6.07, 6.45) is 0.768. The molecule has 142 valence electrons. The van der Waals surface area contributed by atoms with E-state index in [4.69, 9.17) is 22.1 Å². The molecule has 1 aliphatic heterocycles. The SMILES string of the molecule is CC(=O)Oc1ccccc1/C=C1\SC(=S)N(C(CCC(=O)O)C(=O)O)C1=O. The monoisotopic (exact) mass is 409 g/mol. The van der Waals surface area contributed by atoms with E-state index in [2.05, 4.69) is 0 Å². The summed E-state index contributed by atoms with van der Waals surface area (Å²) in [4.78, 5) is 47.2. The molecule has 0 aromatic heterocycles. The summed E-state index contributed by atoms with van der Waals surface area (Å²) >= 11 is 6.02. The normalized spacial score (nSPS) is 16.5. The number of thiocarbonyl (C=S) groups is 1. The first kappa shape index (κ1) is 20.6. The van der Waals surface area contributed by atoms with Gasteiger partial charge in [-0.1, -0.05) is 42.2 Å². The Morgan fingerprint density at radius 2 is 1.96 bits per heavy atom. The van der Waals surface area contributed by atoms with Crippen molar-refractivity contribution in [3.63, 3.8) is 0 Å². The number of ether oxygens (including phenoxy) is 1. The zero-order valence-corrected chi connectivity index (χ0v) is 15.7. The van der Waals surface area contributed by atoms with Crippen molar-refractivity contribution in [3.8, 4) is 5.75 Å². The average molecular weight is 409 g/mol. The molecule has 1 aromatic rings. The summed E-state index contributed by atoms with van der Waals surface area (Å²) in [5, 5.41) is 18.1. The van der Waals surface area contributed by atoms with Crippen molar-refractivity contribution in [1.29, 1.82) is 0 Å². The number of thioether (sulfide) groups is 1. The minimum absolute atomic E-state index is 0.0222. The van der Waals surface area contributed by atoms with Crippen LogP contribution in [0.3, 0.4) is 0 Å². The molecule has 27 heavy (non-hydrogen) atoms. The molecule has 2 rings (SSSR count). The summed E-state index contributed by atoms with van der Waals surface area (Å²) in [7, 11) is 0. The second-order valence-electron chi connectivity index (χ2n) is 5.47. The number of esters is 1. The maximum Gasteiger partial charge on any atom is 0.326 e. The number of carbonyl (C=O) groups excluding carboxylic acids is 2. The maximum absolute atomic E-state index is 12.7. The van der Waals surface area contributed by atoms with Gasteiger partial charge in [0.1, 0.15) is 16.1 Å². The number of benzene rings is 1. The third-order valence-electron chi connectivity index (χ3n) is 3.51. The molecule has 1 atom stereocenters. The lowest BCUT2D eigenvalue weighted by Crippen LogP contribution is -2.44. The number of rotatable bonds is 7. The van der Waals surface area contributed by atoms with Crippen molar-refractivity contribution < 1.29 is 34.1 Å². The molecule has 1 aromatic carbocycles. The Balaban J connectivity index is 2.32. The molecule has 1 fully saturated rings. The Hall–Kier alpha value is -2.72. The Morgan fingerprint density at radius 3 is 2.56 bits per heavy atom. The number of nitrogens with zero attached hydrogens (tertiary/aromatic N) is 1. The molecule has 10 heteroatoms. The zero-order valence-electron chi connectivity index (χ0n) is 14.1. The molecule has 1 unspecified atom stereocenters. The molecule has 2 N–H and O–H groups in total. The lowest BCUT2D eigenvalue weighted by Gasteiger charge is -2.22. The predicted octanol–water partition coefficient (Wildman–Crippen LogP) is 2.13. The first-order chi connectivity index (χ1) is 12.7. The smallest absolute Gasteiger partial charge is 0.326 e. The van der Waals surface area contributed by atoms with Gasteiger partial charge in [-0.2, -0.15) is 0 Å². The van der Waals surface area contributed by atoms with Crippen molar-refractivity contribution >= 4 is 58.2 Å². The number of carbonyl (C=O) groups is 4. The lowest BCUT2D eigenvalue weighted by molar-refractivity contribution is -0.146. The van der Waals surface area contributed by atoms with Crippen LogP contribution in [-0.4, -0.2) is 49.3 Å². The number of aliphatic carboxylic acids is 2. The Bertz CT molecular complexity index is 849. The molecule has 0 bridgehead atoms. The van der Waals surface area contributed by atoms with Crippen molar-refractivity contribution in [2.75, 3.05) is 0 Å². The van der Waals surface area contributed by atoms with E-state index < -0.39 is 36.3 Å². The molecule has 1 aliphatic rings. The van der Waals surface area contributed by atoms with E-state index in [0.717, 1.165) is 16.7 Å². The second kappa shape index (κ2) is 8.78. The van der Waals surface area contributed by atoms with Crippen molar-refractivity contribution in [2.45, 2.75) is 25.8 Å². The Kier molecular flexibility index (Phi) is 6.70. The van der Waals surface area contributed by atoms with E-state index in [9.17, 15) is 24.3 Å². The second-order valence-corrected chi connectivity index (χ2v) is 7.15. The highest BCUT2D eigenvalue weighted by Gasteiger charge is 2.40. The van der Waals surface area contributed by atoms with Crippen LogP contribution < -0.4 is 4.74 Å². The standard InChI is InChI=1S/C17H15NO7S2/c1-9(19)25-12-5-3-2-4-10(12)8-13-15(22)18(17(26)27-13)11(16(23)24)6-7-14(20)21/h2-5,8,11H,6-7H2,1H3,(H,20,21)(H,23,24)/b13-8-. The summed E-state index contributed by atoms with van der Waals surface area (Å²) < 4.78 is 5.11. The van der Waals surface area contributed by atoms with Crippen LogP contribution in [0.5, 0.6) is 5.75 Å². The maximum atomic E-state index is 12.7. The summed E-state index contributed by atoms with van der Waals surface area (Å²) in [6.45, 7) is 1.25. The largest absolute Gasteiger partial charge is 0.481 e. The van der Waals surface area contributed by atoms with Crippen LogP contribution in [0.25, 0.3) is 6.08 Å². The summed E-state index contributed by atoms with van der Waals surface area (Å²) in [5.41, 5.74) is 0.450. The highest BCUT2D eigenvalue weighted by molar-refractivity contribution is 8.26. The summed E-state index contributed by atoms with van der Waals surface area (Å²) in [6, 6.07) is 5.16. The van der Waals surface area contributed by atoms with Crippen LogP contribution in [0.2, 0.25) is 0 Å². The van der Waals surface area contributed by atoms with Gasteiger partial charge in [0.05, 0.1) is 4.91 Å². The highest BCUT2D eigenvalue weighted by atomic mass is 32.2. The van der Waals surface area contributed by atoms with E-state index in [1.807, 2.05) is 0 Å². The number of carboxylic acid groups (broad SMARTS) is 2. The molecular formula is C17H15NO7S2.